The number of nitrogens with one attached hydrogen (secondary N) is 2. The van der Waals surface area contributed by atoms with Crippen LogP contribution >= 0.6 is 11.6 Å². The van der Waals surface area contributed by atoms with E-state index in [1.54, 1.807) is 11.9 Å². The monoisotopic (exact) mass is 334 g/mol. The van der Waals surface area contributed by atoms with Gasteiger partial charge in [0.25, 0.3) is 0 Å². The van der Waals surface area contributed by atoms with E-state index in [1.165, 1.54) is 0 Å². The summed E-state index contributed by atoms with van der Waals surface area (Å²) in [5.74, 6) is 0. The molecule has 2 N–H and O–H groups in total. The molecule has 0 saturated heterocycles. The van der Waals surface area contributed by atoms with Gasteiger partial charge >= 0.3 is 6.03 Å². The van der Waals surface area contributed by atoms with E-state index in [0.29, 0.717) is 18.1 Å². The Morgan fingerprint density at radius 3 is 2.70 bits per heavy atom. The predicted molar refractivity (Wildman–Crippen MR) is 92.4 cm³/mol. The Kier molecular flexibility index (Phi) is 5.31. The summed E-state index contributed by atoms with van der Waals surface area (Å²) < 4.78 is 0. The van der Waals surface area contributed by atoms with Crippen LogP contribution in [0.2, 0.25) is 5.02 Å². The molecule has 1 heterocycles. The van der Waals surface area contributed by atoms with Crippen molar-refractivity contribution in [3.8, 4) is 0 Å². The van der Waals surface area contributed by atoms with Crippen molar-refractivity contribution >= 4 is 17.6 Å². The van der Waals surface area contributed by atoms with Gasteiger partial charge < -0.3 is 10.2 Å². The fourth-order valence-corrected chi connectivity index (χ4v) is 2.34. The first kappa shape index (κ1) is 17.3. The maximum Gasteiger partial charge on any atom is 0.317 e. The zero-order valence-electron chi connectivity index (χ0n) is 14.0. The van der Waals surface area contributed by atoms with E-state index >= 15 is 0 Å². The van der Waals surface area contributed by atoms with E-state index in [-0.39, 0.29) is 11.4 Å². The van der Waals surface area contributed by atoms with Crippen LogP contribution in [0.5, 0.6) is 0 Å². The van der Waals surface area contributed by atoms with Crippen molar-refractivity contribution in [2.75, 3.05) is 7.05 Å². The normalized spacial score (nSPS) is 11.3. The molecule has 0 bridgehead atoms. The predicted octanol–water partition coefficient (Wildman–Crippen LogP) is 3.70. The summed E-state index contributed by atoms with van der Waals surface area (Å²) in [4.78, 5) is 13.8. The number of halogens is 1. The van der Waals surface area contributed by atoms with Crippen LogP contribution in [0.3, 0.4) is 0 Å². The Bertz CT molecular complexity index is 675. The first-order valence-corrected chi connectivity index (χ1v) is 7.91. The topological polar surface area (TPSA) is 61.0 Å². The summed E-state index contributed by atoms with van der Waals surface area (Å²) >= 11 is 5.96. The van der Waals surface area contributed by atoms with Crippen LogP contribution in [0.25, 0.3) is 0 Å². The van der Waals surface area contributed by atoms with Crippen molar-refractivity contribution in [1.29, 1.82) is 0 Å². The highest BCUT2D eigenvalue weighted by Crippen LogP contribution is 2.20. The van der Waals surface area contributed by atoms with Crippen molar-refractivity contribution in [1.82, 2.24) is 20.4 Å². The lowest BCUT2D eigenvalue weighted by molar-refractivity contribution is 0.206. The van der Waals surface area contributed by atoms with Gasteiger partial charge in [-0.25, -0.2) is 4.79 Å². The van der Waals surface area contributed by atoms with Crippen molar-refractivity contribution in [2.24, 2.45) is 0 Å². The minimum absolute atomic E-state index is 0.0118. The molecule has 5 nitrogen and oxygen atoms in total. The average Bonchev–Trinajstić information content (AvgIpc) is 2.93. The van der Waals surface area contributed by atoms with Gasteiger partial charge in [0.05, 0.1) is 17.9 Å². The lowest BCUT2D eigenvalue weighted by Crippen LogP contribution is -2.36. The molecule has 0 aliphatic rings. The molecular formula is C17H23ClN4O. The largest absolute Gasteiger partial charge is 0.332 e. The third kappa shape index (κ3) is 4.99. The van der Waals surface area contributed by atoms with E-state index in [2.05, 4.69) is 36.3 Å². The summed E-state index contributed by atoms with van der Waals surface area (Å²) in [5, 5.41) is 10.8. The van der Waals surface area contributed by atoms with E-state index in [1.807, 2.05) is 30.3 Å². The minimum atomic E-state index is -0.142. The van der Waals surface area contributed by atoms with Crippen molar-refractivity contribution in [3.63, 3.8) is 0 Å². The molecule has 2 aromatic rings. The highest BCUT2D eigenvalue weighted by Gasteiger charge is 2.17. The first-order chi connectivity index (χ1) is 10.8. The van der Waals surface area contributed by atoms with Crippen LogP contribution in [0.1, 0.15) is 37.7 Å². The molecule has 0 unspecified atom stereocenters. The van der Waals surface area contributed by atoms with Gasteiger partial charge in [0.15, 0.2) is 0 Å². The average molecular weight is 335 g/mol. The molecule has 1 aromatic carbocycles. The van der Waals surface area contributed by atoms with Crippen LogP contribution in [0.15, 0.2) is 30.3 Å². The van der Waals surface area contributed by atoms with E-state index in [0.717, 1.165) is 17.0 Å². The van der Waals surface area contributed by atoms with Crippen LogP contribution in [-0.4, -0.2) is 28.2 Å². The minimum Gasteiger partial charge on any atom is -0.332 e. The molecule has 0 fully saturated rings. The van der Waals surface area contributed by atoms with Gasteiger partial charge in [0.1, 0.15) is 0 Å². The summed E-state index contributed by atoms with van der Waals surface area (Å²) in [6.07, 6.45) is 0. The van der Waals surface area contributed by atoms with Gasteiger partial charge in [-0.1, -0.05) is 44.5 Å². The second kappa shape index (κ2) is 7.04. The van der Waals surface area contributed by atoms with Crippen molar-refractivity contribution in [2.45, 2.75) is 39.3 Å². The number of hydrogen-bond acceptors (Lipinski definition) is 2. The zero-order valence-corrected chi connectivity index (χ0v) is 14.7. The summed E-state index contributed by atoms with van der Waals surface area (Å²) in [6, 6.07) is 9.34. The molecule has 0 atom stereocenters. The third-order valence-corrected chi connectivity index (χ3v) is 3.72. The molecule has 0 saturated carbocycles. The van der Waals surface area contributed by atoms with Crippen LogP contribution in [0, 0.1) is 0 Å². The van der Waals surface area contributed by atoms with E-state index in [4.69, 9.17) is 11.6 Å². The number of aromatic amines is 1. The molecule has 0 radical (unpaired) electrons. The fourth-order valence-electron chi connectivity index (χ4n) is 2.12. The van der Waals surface area contributed by atoms with Gasteiger partial charge in [-0.05, 0) is 23.8 Å². The summed E-state index contributed by atoms with van der Waals surface area (Å²) in [5.41, 5.74) is 2.85. The Morgan fingerprint density at radius 2 is 2.09 bits per heavy atom. The second-order valence-corrected chi connectivity index (χ2v) is 7.11. The Hall–Kier alpha value is -2.01. The van der Waals surface area contributed by atoms with E-state index < -0.39 is 0 Å². The Morgan fingerprint density at radius 1 is 1.35 bits per heavy atom. The van der Waals surface area contributed by atoms with Gasteiger partial charge in [0.2, 0.25) is 0 Å². The van der Waals surface area contributed by atoms with Crippen LogP contribution in [-0.2, 0) is 18.5 Å². The van der Waals surface area contributed by atoms with Crippen molar-refractivity contribution in [3.05, 3.63) is 52.3 Å². The molecule has 0 aliphatic heterocycles. The molecule has 2 rings (SSSR count). The molecule has 0 aliphatic carbocycles. The number of benzene rings is 1. The Balaban J connectivity index is 1.88. The number of aromatic nitrogens is 2. The lowest BCUT2D eigenvalue weighted by Gasteiger charge is -2.18. The number of amides is 2. The van der Waals surface area contributed by atoms with Gasteiger partial charge in [-0.3, -0.25) is 5.10 Å². The highest BCUT2D eigenvalue weighted by molar-refractivity contribution is 6.30. The number of hydrogen-bond donors (Lipinski definition) is 2. The number of nitrogens with zero attached hydrogens (tertiary/aromatic N) is 2. The van der Waals surface area contributed by atoms with Gasteiger partial charge in [0, 0.05) is 24.0 Å². The highest BCUT2D eigenvalue weighted by atomic mass is 35.5. The molecule has 2 amide bonds. The lowest BCUT2D eigenvalue weighted by atomic mass is 9.92. The SMILES string of the molecule is CN(Cc1cccc(Cl)c1)C(=O)NCc1cc(C(C)(C)C)n[nH]1. The maximum absolute atomic E-state index is 12.2. The number of rotatable bonds is 4. The first-order valence-electron chi connectivity index (χ1n) is 7.54. The Labute approximate surface area is 142 Å². The second-order valence-electron chi connectivity index (χ2n) is 6.67. The van der Waals surface area contributed by atoms with E-state index in [9.17, 15) is 4.79 Å². The smallest absolute Gasteiger partial charge is 0.317 e. The molecule has 1 aromatic heterocycles. The third-order valence-electron chi connectivity index (χ3n) is 3.48. The molecule has 23 heavy (non-hydrogen) atoms. The maximum atomic E-state index is 12.2. The summed E-state index contributed by atoms with van der Waals surface area (Å²) in [7, 11) is 1.75. The number of carbonyl (C=O) groups excluding carboxylic acids is 1. The molecule has 124 valence electrons. The van der Waals surface area contributed by atoms with Crippen molar-refractivity contribution < 1.29 is 4.79 Å². The number of H-pyrrole nitrogens is 1. The quantitative estimate of drug-likeness (QED) is 0.895. The number of carbonyl (C=O) groups is 1. The number of urea groups is 1. The summed E-state index contributed by atoms with van der Waals surface area (Å²) in [6.45, 7) is 7.23. The fraction of sp³-hybridized carbons (Fsp3) is 0.412. The standard InChI is InChI=1S/C17H23ClN4O/c1-17(2,3)15-9-14(20-21-15)10-19-16(23)22(4)11-12-6-5-7-13(18)8-12/h5-9H,10-11H2,1-4H3,(H,19,23)(H,20,21). The van der Waals surface area contributed by atoms with Gasteiger partial charge in [-0.2, -0.15) is 5.10 Å². The van der Waals surface area contributed by atoms with Crippen LogP contribution in [0.4, 0.5) is 4.79 Å². The molecular weight excluding hydrogens is 312 g/mol. The zero-order chi connectivity index (χ0) is 17.0. The molecule has 6 heteroatoms. The van der Waals surface area contributed by atoms with Gasteiger partial charge in [-0.15, -0.1) is 0 Å². The van der Waals surface area contributed by atoms with Crippen LogP contribution < -0.4 is 5.32 Å². The molecule has 0 spiro atoms.